The second kappa shape index (κ2) is 6.14. The van der Waals surface area contributed by atoms with Crippen LogP contribution in [0.1, 0.15) is 62.2 Å². The molecule has 1 aliphatic carbocycles. The van der Waals surface area contributed by atoms with E-state index in [0.29, 0.717) is 18.2 Å². The molecular formula is C16H21N5O2. The molecular weight excluding hydrogens is 294 g/mol. The highest BCUT2D eigenvalue weighted by Gasteiger charge is 2.35. The number of nitrogens with zero attached hydrogens (tertiary/aromatic N) is 5. The monoisotopic (exact) mass is 315 g/mol. The van der Waals surface area contributed by atoms with Crippen LogP contribution < -0.4 is 0 Å². The minimum absolute atomic E-state index is 0.0107. The molecule has 1 saturated heterocycles. The molecule has 122 valence electrons. The Morgan fingerprint density at radius 3 is 3.04 bits per heavy atom. The highest BCUT2D eigenvalue weighted by Crippen LogP contribution is 2.40. The van der Waals surface area contributed by atoms with Crippen LogP contribution in [0.2, 0.25) is 0 Å². The molecule has 1 unspecified atom stereocenters. The van der Waals surface area contributed by atoms with Crippen LogP contribution in [0.3, 0.4) is 0 Å². The van der Waals surface area contributed by atoms with Gasteiger partial charge in [0.1, 0.15) is 0 Å². The number of hydrogen-bond donors (Lipinski definition) is 0. The Bertz CT molecular complexity index is 662. The molecule has 7 heteroatoms. The van der Waals surface area contributed by atoms with Gasteiger partial charge in [0.05, 0.1) is 6.04 Å². The van der Waals surface area contributed by atoms with Crippen molar-refractivity contribution in [2.45, 2.75) is 57.0 Å². The summed E-state index contributed by atoms with van der Waals surface area (Å²) >= 11 is 0. The normalized spacial score (nSPS) is 21.0. The van der Waals surface area contributed by atoms with Gasteiger partial charge >= 0.3 is 0 Å². The van der Waals surface area contributed by atoms with E-state index in [1.165, 1.54) is 0 Å². The lowest BCUT2D eigenvalue weighted by Crippen LogP contribution is -2.31. The molecule has 2 aliphatic rings. The number of hydrogen-bond acceptors (Lipinski definition) is 5. The van der Waals surface area contributed by atoms with Gasteiger partial charge in [0.2, 0.25) is 11.8 Å². The van der Waals surface area contributed by atoms with E-state index in [9.17, 15) is 4.79 Å². The van der Waals surface area contributed by atoms with Crippen molar-refractivity contribution >= 4 is 5.91 Å². The van der Waals surface area contributed by atoms with Crippen molar-refractivity contribution in [3.05, 3.63) is 30.2 Å². The van der Waals surface area contributed by atoms with Gasteiger partial charge in [-0.05, 0) is 38.2 Å². The number of carbonyl (C=O) groups is 1. The van der Waals surface area contributed by atoms with Crippen molar-refractivity contribution in [2.75, 3.05) is 6.54 Å². The molecule has 4 rings (SSSR count). The molecule has 0 aromatic carbocycles. The molecule has 1 amide bonds. The van der Waals surface area contributed by atoms with Crippen LogP contribution in [-0.4, -0.2) is 37.3 Å². The van der Waals surface area contributed by atoms with Crippen LogP contribution >= 0.6 is 0 Å². The zero-order valence-corrected chi connectivity index (χ0v) is 13.1. The first-order valence-electron chi connectivity index (χ1n) is 8.41. The fraction of sp³-hybridized carbons (Fsp3) is 0.625. The summed E-state index contributed by atoms with van der Waals surface area (Å²) in [4.78, 5) is 19.0. The Kier molecular flexibility index (Phi) is 3.85. The summed E-state index contributed by atoms with van der Waals surface area (Å²) in [6.45, 7) is 1.56. The Balaban J connectivity index is 1.35. The molecule has 2 fully saturated rings. The third-order valence-corrected chi connectivity index (χ3v) is 4.59. The summed E-state index contributed by atoms with van der Waals surface area (Å²) in [7, 11) is 0. The molecule has 3 heterocycles. The summed E-state index contributed by atoms with van der Waals surface area (Å²) in [5.41, 5.74) is 0. The molecule has 2 aromatic heterocycles. The van der Waals surface area contributed by atoms with Crippen LogP contribution in [0.15, 0.2) is 23.0 Å². The summed E-state index contributed by atoms with van der Waals surface area (Å²) < 4.78 is 7.21. The van der Waals surface area contributed by atoms with E-state index < -0.39 is 0 Å². The van der Waals surface area contributed by atoms with Gasteiger partial charge in [-0.3, -0.25) is 9.48 Å². The number of aryl methyl sites for hydroxylation is 1. The van der Waals surface area contributed by atoms with Gasteiger partial charge in [-0.2, -0.15) is 10.1 Å². The average Bonchev–Trinajstić information content (AvgIpc) is 3.02. The largest absolute Gasteiger partial charge is 0.339 e. The molecule has 23 heavy (non-hydrogen) atoms. The number of amides is 1. The molecule has 1 aliphatic heterocycles. The fourth-order valence-electron chi connectivity index (χ4n) is 3.18. The Labute approximate surface area is 134 Å². The van der Waals surface area contributed by atoms with E-state index in [4.69, 9.17) is 4.52 Å². The highest BCUT2D eigenvalue weighted by molar-refractivity contribution is 5.76. The molecule has 0 N–H and O–H groups in total. The first kappa shape index (κ1) is 14.4. The maximum Gasteiger partial charge on any atom is 0.229 e. The summed E-state index contributed by atoms with van der Waals surface area (Å²) in [5, 5.41) is 8.28. The molecule has 0 spiro atoms. The van der Waals surface area contributed by atoms with Crippen LogP contribution in [0.25, 0.3) is 0 Å². The summed E-state index contributed by atoms with van der Waals surface area (Å²) in [6.07, 6.45) is 9.21. The molecule has 2 aromatic rings. The smallest absolute Gasteiger partial charge is 0.229 e. The topological polar surface area (TPSA) is 77.0 Å². The second-order valence-corrected chi connectivity index (χ2v) is 6.38. The van der Waals surface area contributed by atoms with Crippen molar-refractivity contribution in [2.24, 2.45) is 0 Å². The van der Waals surface area contributed by atoms with Crippen molar-refractivity contribution < 1.29 is 9.32 Å². The summed E-state index contributed by atoms with van der Waals surface area (Å²) in [5.74, 6) is 2.07. The van der Waals surface area contributed by atoms with E-state index in [2.05, 4.69) is 15.2 Å². The first-order chi connectivity index (χ1) is 11.3. The van der Waals surface area contributed by atoms with E-state index in [1.807, 2.05) is 21.8 Å². The third-order valence-electron chi connectivity index (χ3n) is 4.59. The van der Waals surface area contributed by atoms with Crippen LogP contribution in [0.5, 0.6) is 0 Å². The second-order valence-electron chi connectivity index (χ2n) is 6.38. The van der Waals surface area contributed by atoms with Crippen molar-refractivity contribution in [1.82, 2.24) is 24.8 Å². The lowest BCUT2D eigenvalue weighted by atomic mass is 10.2. The maximum atomic E-state index is 12.5. The minimum Gasteiger partial charge on any atom is -0.339 e. The third kappa shape index (κ3) is 3.13. The number of carbonyl (C=O) groups excluding carboxylic acids is 1. The van der Waals surface area contributed by atoms with Gasteiger partial charge in [-0.1, -0.05) is 5.16 Å². The maximum absolute atomic E-state index is 12.5. The Hall–Kier alpha value is -2.18. The number of aromatic nitrogens is 4. The minimum atomic E-state index is -0.0107. The Morgan fingerprint density at radius 2 is 2.26 bits per heavy atom. The highest BCUT2D eigenvalue weighted by atomic mass is 16.5. The van der Waals surface area contributed by atoms with Crippen molar-refractivity contribution in [3.63, 3.8) is 0 Å². The molecule has 7 nitrogen and oxygen atoms in total. The number of likely N-dealkylation sites (tertiary alicyclic amines) is 1. The van der Waals surface area contributed by atoms with Gasteiger partial charge in [0.15, 0.2) is 5.82 Å². The predicted molar refractivity (Wildman–Crippen MR) is 81.4 cm³/mol. The molecule has 1 atom stereocenters. The van der Waals surface area contributed by atoms with Gasteiger partial charge in [-0.15, -0.1) is 0 Å². The van der Waals surface area contributed by atoms with Crippen molar-refractivity contribution in [3.8, 4) is 0 Å². The lowest BCUT2D eigenvalue weighted by molar-refractivity contribution is -0.132. The SMILES string of the molecule is O=C(CCCn1cccn1)N1CCCC1c1noc(C2CC2)n1. The molecule has 0 radical (unpaired) electrons. The molecule has 1 saturated carbocycles. The predicted octanol–water partition coefficient (Wildman–Crippen LogP) is 2.29. The zero-order valence-electron chi connectivity index (χ0n) is 13.1. The van der Waals surface area contributed by atoms with E-state index >= 15 is 0 Å². The van der Waals surface area contributed by atoms with Gasteiger partial charge in [0, 0.05) is 37.8 Å². The lowest BCUT2D eigenvalue weighted by Gasteiger charge is -2.22. The zero-order chi connectivity index (χ0) is 15.6. The van der Waals surface area contributed by atoms with E-state index in [0.717, 1.165) is 51.1 Å². The van der Waals surface area contributed by atoms with Gasteiger partial charge in [0.25, 0.3) is 0 Å². The molecule has 0 bridgehead atoms. The summed E-state index contributed by atoms with van der Waals surface area (Å²) in [6, 6.07) is 1.88. The van der Waals surface area contributed by atoms with Crippen LogP contribution in [-0.2, 0) is 11.3 Å². The van der Waals surface area contributed by atoms with Gasteiger partial charge in [-0.25, -0.2) is 0 Å². The number of rotatable bonds is 6. The van der Waals surface area contributed by atoms with Gasteiger partial charge < -0.3 is 9.42 Å². The quantitative estimate of drug-likeness (QED) is 0.817. The Morgan fingerprint density at radius 1 is 1.35 bits per heavy atom. The van der Waals surface area contributed by atoms with E-state index in [1.54, 1.807) is 6.20 Å². The van der Waals surface area contributed by atoms with Crippen LogP contribution in [0.4, 0.5) is 0 Å². The van der Waals surface area contributed by atoms with Crippen molar-refractivity contribution in [1.29, 1.82) is 0 Å². The first-order valence-corrected chi connectivity index (χ1v) is 8.41. The van der Waals surface area contributed by atoms with Crippen LogP contribution in [0, 0.1) is 0 Å². The average molecular weight is 315 g/mol. The standard InChI is InChI=1S/C16H21N5O2/c22-14(5-2-9-20-10-3-8-17-20)21-11-1-4-13(21)15-18-16(23-19-15)12-6-7-12/h3,8,10,12-13H,1-2,4-7,9,11H2. The van der Waals surface area contributed by atoms with E-state index in [-0.39, 0.29) is 11.9 Å². The fourth-order valence-corrected chi connectivity index (χ4v) is 3.18.